The fraction of sp³-hybridized carbons (Fsp3) is 0.385. The van der Waals surface area contributed by atoms with Gasteiger partial charge in [0.2, 0.25) is 11.8 Å². The lowest BCUT2D eigenvalue weighted by Gasteiger charge is -2.30. The topological polar surface area (TPSA) is 215 Å². The third-order valence-electron chi connectivity index (χ3n) is 11.7. The molecule has 0 unspecified atom stereocenters. The van der Waals surface area contributed by atoms with E-state index in [-0.39, 0.29) is 44.9 Å². The number of carbonyl (C=O) groups excluding carboxylic acids is 5. The van der Waals surface area contributed by atoms with E-state index in [1.165, 1.54) is 18.2 Å². The summed E-state index contributed by atoms with van der Waals surface area (Å²) >= 11 is 0. The molecule has 1 aliphatic heterocycles. The molecule has 16 nitrogen and oxygen atoms in total. The van der Waals surface area contributed by atoms with Crippen molar-refractivity contribution in [3.8, 4) is 11.1 Å². The molecule has 1 fully saturated rings. The number of nitrogens with one attached hydrogen (secondary N) is 4. The Hall–Kier alpha value is -7.27. The van der Waals surface area contributed by atoms with Crippen LogP contribution in [0, 0.1) is 5.82 Å². The normalized spacial score (nSPS) is 16.5. The summed E-state index contributed by atoms with van der Waals surface area (Å²) in [4.78, 5) is 85.4. The molecule has 4 aromatic carbocycles. The molecule has 2 heterocycles. The van der Waals surface area contributed by atoms with Gasteiger partial charge in [0.15, 0.2) is 6.04 Å². The van der Waals surface area contributed by atoms with E-state index in [0.717, 1.165) is 27.2 Å². The Kier molecular flexibility index (Phi) is 15.1. The quantitative estimate of drug-likeness (QED) is 0.0506. The van der Waals surface area contributed by atoms with Gasteiger partial charge in [-0.25, -0.2) is 23.6 Å². The number of alkyl carbamates (subject to hydrolysis) is 2. The number of fused-ring (bicyclic) bond motifs is 4. The number of carbonyl (C=O) groups is 6. The number of aromatic nitrogens is 1. The highest BCUT2D eigenvalue weighted by molar-refractivity contribution is 5.94. The summed E-state index contributed by atoms with van der Waals surface area (Å²) in [5, 5.41) is 19.1. The summed E-state index contributed by atoms with van der Waals surface area (Å²) in [6, 6.07) is 22.4. The largest absolute Gasteiger partial charge is 0.480 e. The van der Waals surface area contributed by atoms with Gasteiger partial charge in [-0.2, -0.15) is 0 Å². The van der Waals surface area contributed by atoms with Crippen molar-refractivity contribution < 1.29 is 57.2 Å². The maximum atomic E-state index is 14.8. The number of carboxylic acids is 1. The number of aromatic amines is 1. The van der Waals surface area contributed by atoms with Crippen LogP contribution in [0.2, 0.25) is 0 Å². The minimum atomic E-state index is -1.55. The Morgan fingerprint density at radius 2 is 1.45 bits per heavy atom. The summed E-state index contributed by atoms with van der Waals surface area (Å²) in [5.74, 6) is -4.54. The third kappa shape index (κ3) is 12.6. The molecule has 0 radical (unpaired) electrons. The zero-order valence-corrected chi connectivity index (χ0v) is 39.4. The highest BCUT2D eigenvalue weighted by atomic mass is 19.1. The molecule has 4 amide bonds. The van der Waals surface area contributed by atoms with E-state index in [2.05, 4.69) is 20.9 Å². The molecule has 4 atom stereocenters. The Morgan fingerprint density at radius 3 is 2.12 bits per heavy atom. The molecule has 5 N–H and O–H groups in total. The molecule has 0 bridgehead atoms. The van der Waals surface area contributed by atoms with Crippen LogP contribution in [-0.2, 0) is 57.5 Å². The van der Waals surface area contributed by atoms with Crippen LogP contribution in [0.4, 0.5) is 14.0 Å². The number of esters is 1. The van der Waals surface area contributed by atoms with Gasteiger partial charge in [-0.1, -0.05) is 72.8 Å². The molecule has 17 heteroatoms. The first-order valence-corrected chi connectivity index (χ1v) is 22.8. The minimum Gasteiger partial charge on any atom is -0.480 e. The number of likely N-dealkylation sites (tertiary alicyclic amines) is 1. The van der Waals surface area contributed by atoms with Gasteiger partial charge in [-0.3, -0.25) is 9.59 Å². The molecule has 364 valence electrons. The zero-order valence-electron chi connectivity index (χ0n) is 39.4. The fourth-order valence-electron chi connectivity index (χ4n) is 8.82. The smallest absolute Gasteiger partial charge is 0.407 e. The monoisotopic (exact) mass is 947 g/mol. The van der Waals surface area contributed by atoms with Crippen LogP contribution in [0.3, 0.4) is 0 Å². The second kappa shape index (κ2) is 20.9. The average Bonchev–Trinajstić information content (AvgIpc) is 3.99. The van der Waals surface area contributed by atoms with Gasteiger partial charge in [-0.05, 0) is 105 Å². The number of halogens is 1. The second-order valence-electron chi connectivity index (χ2n) is 19.2. The molecule has 69 heavy (non-hydrogen) atoms. The van der Waals surface area contributed by atoms with Crippen LogP contribution < -0.4 is 16.0 Å². The molecular formula is C52H58FN5O11. The van der Waals surface area contributed by atoms with Crippen molar-refractivity contribution in [3.63, 3.8) is 0 Å². The maximum absolute atomic E-state index is 14.8. The molecule has 1 aliphatic carbocycles. The molecule has 5 aromatic rings. The Bertz CT molecular complexity index is 2680. The number of rotatable bonds is 16. The molecule has 1 aromatic heterocycles. The van der Waals surface area contributed by atoms with Gasteiger partial charge in [0.25, 0.3) is 0 Å². The van der Waals surface area contributed by atoms with E-state index in [4.69, 9.17) is 18.9 Å². The number of ether oxygens (including phenoxy) is 4. The van der Waals surface area contributed by atoms with Crippen LogP contribution in [0.5, 0.6) is 0 Å². The number of nitrogens with zero attached hydrogens (tertiary/aromatic N) is 1. The Morgan fingerprint density at radius 1 is 0.783 bits per heavy atom. The summed E-state index contributed by atoms with van der Waals surface area (Å²) in [6.07, 6.45) is -1.34. The minimum absolute atomic E-state index is 0.0511. The van der Waals surface area contributed by atoms with E-state index >= 15 is 0 Å². The van der Waals surface area contributed by atoms with Crippen molar-refractivity contribution in [2.24, 2.45) is 0 Å². The van der Waals surface area contributed by atoms with Crippen molar-refractivity contribution in [2.75, 3.05) is 19.8 Å². The first-order valence-electron chi connectivity index (χ1n) is 22.8. The zero-order chi connectivity index (χ0) is 49.6. The molecule has 0 saturated carbocycles. The summed E-state index contributed by atoms with van der Waals surface area (Å²) in [5.41, 5.74) is 4.71. The van der Waals surface area contributed by atoms with E-state index in [1.54, 1.807) is 72.0 Å². The predicted molar refractivity (Wildman–Crippen MR) is 252 cm³/mol. The molecule has 0 spiro atoms. The molecule has 7 rings (SSSR count). The summed E-state index contributed by atoms with van der Waals surface area (Å²) in [6.45, 7) is 9.65. The van der Waals surface area contributed by atoms with Crippen LogP contribution in [0.25, 0.3) is 22.0 Å². The predicted octanol–water partition coefficient (Wildman–Crippen LogP) is 6.92. The average molecular weight is 948 g/mol. The van der Waals surface area contributed by atoms with Gasteiger partial charge in [0.05, 0.1) is 6.10 Å². The Labute approximate surface area is 399 Å². The third-order valence-corrected chi connectivity index (χ3v) is 11.7. The lowest BCUT2D eigenvalue weighted by molar-refractivity contribution is -0.165. The van der Waals surface area contributed by atoms with Crippen LogP contribution in [0.1, 0.15) is 81.7 Å². The second-order valence-corrected chi connectivity index (χ2v) is 19.2. The highest BCUT2D eigenvalue weighted by Crippen LogP contribution is 2.44. The number of carboxylic acid groups (broad SMARTS) is 1. The van der Waals surface area contributed by atoms with Gasteiger partial charge < -0.3 is 49.9 Å². The fourth-order valence-corrected chi connectivity index (χ4v) is 8.82. The molecule has 1 saturated heterocycles. The van der Waals surface area contributed by atoms with Gasteiger partial charge in [0.1, 0.15) is 42.3 Å². The molecular weight excluding hydrogens is 890 g/mol. The van der Waals surface area contributed by atoms with Crippen LogP contribution in [0.15, 0.2) is 97.2 Å². The summed E-state index contributed by atoms with van der Waals surface area (Å²) < 4.78 is 36.9. The van der Waals surface area contributed by atoms with Gasteiger partial charge in [0, 0.05) is 48.9 Å². The van der Waals surface area contributed by atoms with Crippen LogP contribution in [-0.4, -0.2) is 106 Å². The van der Waals surface area contributed by atoms with Gasteiger partial charge in [-0.15, -0.1) is 0 Å². The SMILES string of the molecule is CC(C)(C)OC(=O)CO[C@H]1CCN(C(=O)[C@H](Cc2c[nH]c3ccc(F)cc23)NC(=O)[C@H](Cc2cccc(CNC(=O)OC(C)(C)C)c2)NC(=O)OCC2c3ccccc3-c3ccccc32)[C@@H]1C(=O)O. The van der Waals surface area contributed by atoms with Crippen LogP contribution >= 0.6 is 0 Å². The number of H-pyrrole nitrogens is 1. The van der Waals surface area contributed by atoms with E-state index < -0.39 is 83.8 Å². The van der Waals surface area contributed by atoms with Gasteiger partial charge >= 0.3 is 24.1 Å². The number of benzene rings is 4. The number of hydrogen-bond donors (Lipinski definition) is 5. The van der Waals surface area contributed by atoms with Crippen molar-refractivity contribution in [1.82, 2.24) is 25.8 Å². The lowest BCUT2D eigenvalue weighted by Crippen LogP contribution is -2.57. The van der Waals surface area contributed by atoms with Crippen molar-refractivity contribution in [2.45, 2.75) is 109 Å². The van der Waals surface area contributed by atoms with Crippen molar-refractivity contribution in [1.29, 1.82) is 0 Å². The lowest BCUT2D eigenvalue weighted by atomic mass is 9.98. The van der Waals surface area contributed by atoms with E-state index in [0.29, 0.717) is 27.6 Å². The first kappa shape index (κ1) is 49.6. The number of hydrogen-bond acceptors (Lipinski definition) is 10. The first-order chi connectivity index (χ1) is 32.7. The Balaban J connectivity index is 1.16. The summed E-state index contributed by atoms with van der Waals surface area (Å²) in [7, 11) is 0. The van der Waals surface area contributed by atoms with E-state index in [1.807, 2.05) is 48.5 Å². The van der Waals surface area contributed by atoms with E-state index in [9.17, 15) is 38.3 Å². The molecule has 2 aliphatic rings. The highest BCUT2D eigenvalue weighted by Gasteiger charge is 2.45. The standard InChI is InChI=1S/C52H58FN5O11/c1-51(2,3)68-44(59)29-66-43-20-21-58(45(43)48(62)63)47(61)42(24-32-27-54-40-19-18-33(53)25-38(32)40)56-46(60)41(23-30-12-11-13-31(22-30)26-55-49(64)69-52(4,5)6)57-50(65)67-28-39-36-16-9-7-14-34(36)35-15-8-10-17-37(35)39/h7-19,22,25,27,39,41-43,45,54H,20-21,23-24,26,28-29H2,1-6H3,(H,55,64)(H,56,60)(H,57,65)(H,62,63)/t41-,42-,43-,45-/m0/s1. The van der Waals surface area contributed by atoms with Crippen molar-refractivity contribution >= 4 is 46.8 Å². The maximum Gasteiger partial charge on any atom is 0.407 e. The van der Waals surface area contributed by atoms with Crippen molar-refractivity contribution in [3.05, 3.63) is 131 Å². The number of aliphatic carboxylic acids is 1. The number of amides is 4.